The predicted octanol–water partition coefficient (Wildman–Crippen LogP) is 3.07. The molecule has 5 rings (SSSR count). The van der Waals surface area contributed by atoms with E-state index < -0.39 is 23.3 Å². The lowest BCUT2D eigenvalue weighted by Gasteiger charge is -2.29. The minimum atomic E-state index is -1.09. The van der Waals surface area contributed by atoms with Crippen LogP contribution in [0.5, 0.6) is 11.5 Å². The number of aryl methyl sites for hydroxylation is 1. The van der Waals surface area contributed by atoms with Crippen LogP contribution < -0.4 is 25.7 Å². The Bertz CT molecular complexity index is 1330. The molecular formula is C24H21N5O4. The van der Waals surface area contributed by atoms with E-state index in [9.17, 15) is 14.9 Å². The molecule has 3 aromatic rings. The van der Waals surface area contributed by atoms with Crippen LogP contribution in [0, 0.1) is 17.2 Å². The van der Waals surface area contributed by atoms with Crippen LogP contribution in [-0.4, -0.2) is 29.1 Å². The number of anilines is 3. The van der Waals surface area contributed by atoms with Crippen LogP contribution in [0.1, 0.15) is 29.5 Å². The largest absolute Gasteiger partial charge is 0.486 e. The van der Waals surface area contributed by atoms with Gasteiger partial charge in [0.1, 0.15) is 24.9 Å². The average Bonchev–Trinajstić information content (AvgIpc) is 2.83. The maximum absolute atomic E-state index is 13.2. The molecule has 0 aliphatic carbocycles. The van der Waals surface area contributed by atoms with Crippen molar-refractivity contribution in [3.05, 3.63) is 69.5 Å². The SMILES string of the molecule is CCc1ccc(Nc2nc3c(c(=O)[nH]2)C(c2ccc4c(c2)OCCO4)C(C#N)C(=O)N3)cc1. The lowest BCUT2D eigenvalue weighted by Crippen LogP contribution is -2.38. The van der Waals surface area contributed by atoms with E-state index in [2.05, 4.69) is 27.5 Å². The summed E-state index contributed by atoms with van der Waals surface area (Å²) in [6, 6.07) is 15.0. The number of carbonyl (C=O) groups is 1. The number of nitrogens with one attached hydrogen (secondary N) is 3. The van der Waals surface area contributed by atoms with Crippen molar-refractivity contribution in [2.75, 3.05) is 23.8 Å². The van der Waals surface area contributed by atoms with Crippen molar-refractivity contribution < 1.29 is 14.3 Å². The fourth-order valence-electron chi connectivity index (χ4n) is 4.14. The number of carbonyl (C=O) groups excluding carboxylic acids is 1. The normalized spacial score (nSPS) is 18.6. The minimum absolute atomic E-state index is 0.128. The van der Waals surface area contributed by atoms with E-state index in [0.29, 0.717) is 30.3 Å². The van der Waals surface area contributed by atoms with Crippen molar-refractivity contribution in [1.29, 1.82) is 5.26 Å². The number of amides is 1. The van der Waals surface area contributed by atoms with Crippen molar-refractivity contribution in [3.63, 3.8) is 0 Å². The van der Waals surface area contributed by atoms with E-state index in [0.717, 1.165) is 12.1 Å². The van der Waals surface area contributed by atoms with Crippen molar-refractivity contribution in [3.8, 4) is 17.6 Å². The molecule has 0 radical (unpaired) electrons. The van der Waals surface area contributed by atoms with E-state index in [-0.39, 0.29) is 17.3 Å². The molecule has 2 unspecified atom stereocenters. The predicted molar refractivity (Wildman–Crippen MR) is 121 cm³/mol. The Balaban J connectivity index is 1.56. The van der Waals surface area contributed by atoms with Crippen molar-refractivity contribution >= 4 is 23.4 Å². The molecule has 166 valence electrons. The summed E-state index contributed by atoms with van der Waals surface area (Å²) in [5.41, 5.74) is 2.32. The molecule has 2 aliphatic heterocycles. The number of benzene rings is 2. The Morgan fingerprint density at radius 3 is 2.61 bits per heavy atom. The van der Waals surface area contributed by atoms with Crippen LogP contribution in [0.4, 0.5) is 17.5 Å². The minimum Gasteiger partial charge on any atom is -0.486 e. The average molecular weight is 443 g/mol. The van der Waals surface area contributed by atoms with Gasteiger partial charge in [-0.05, 0) is 41.8 Å². The third-order valence-electron chi connectivity index (χ3n) is 5.81. The Labute approximate surface area is 189 Å². The Hall–Kier alpha value is -4.32. The fraction of sp³-hybridized carbons (Fsp3) is 0.250. The summed E-state index contributed by atoms with van der Waals surface area (Å²) in [4.78, 5) is 33.1. The van der Waals surface area contributed by atoms with Crippen molar-refractivity contribution in [2.45, 2.75) is 19.3 Å². The number of hydrogen-bond acceptors (Lipinski definition) is 7. The summed E-state index contributed by atoms with van der Waals surface area (Å²) in [6.07, 6.45) is 0.918. The van der Waals surface area contributed by atoms with Gasteiger partial charge in [-0.1, -0.05) is 25.1 Å². The van der Waals surface area contributed by atoms with Crippen LogP contribution in [0.25, 0.3) is 0 Å². The monoisotopic (exact) mass is 443 g/mol. The zero-order valence-corrected chi connectivity index (χ0v) is 17.8. The standard InChI is InChI=1S/C24H21N5O4/c1-2-13-3-6-15(7-4-13)26-24-28-21-20(23(31)29-24)19(16(12-25)22(30)27-21)14-5-8-17-18(11-14)33-10-9-32-17/h3-8,11,16,19H,2,9-10H2,1H3,(H3,26,27,28,29,30,31). The number of nitriles is 1. The molecular weight excluding hydrogens is 422 g/mol. The van der Waals surface area contributed by atoms with Gasteiger partial charge in [0.2, 0.25) is 11.9 Å². The Morgan fingerprint density at radius 1 is 1.12 bits per heavy atom. The van der Waals surface area contributed by atoms with Gasteiger partial charge < -0.3 is 20.1 Å². The highest BCUT2D eigenvalue weighted by atomic mass is 16.6. The first-order valence-corrected chi connectivity index (χ1v) is 10.7. The van der Waals surface area contributed by atoms with Crippen LogP contribution in [0.2, 0.25) is 0 Å². The fourth-order valence-corrected chi connectivity index (χ4v) is 4.14. The van der Waals surface area contributed by atoms with Crippen LogP contribution >= 0.6 is 0 Å². The van der Waals surface area contributed by atoms with Crippen LogP contribution in [-0.2, 0) is 11.2 Å². The third-order valence-corrected chi connectivity index (χ3v) is 5.81. The molecule has 0 saturated heterocycles. The molecule has 9 heteroatoms. The smallest absolute Gasteiger partial charge is 0.258 e. The molecule has 3 N–H and O–H groups in total. The van der Waals surface area contributed by atoms with Gasteiger partial charge in [-0.3, -0.25) is 14.6 Å². The number of H-pyrrole nitrogens is 1. The van der Waals surface area contributed by atoms with E-state index >= 15 is 0 Å². The van der Waals surface area contributed by atoms with Crippen LogP contribution in [0.15, 0.2) is 47.3 Å². The van der Waals surface area contributed by atoms with Gasteiger partial charge >= 0.3 is 0 Å². The summed E-state index contributed by atoms with van der Waals surface area (Å²) >= 11 is 0. The van der Waals surface area contributed by atoms with Crippen molar-refractivity contribution in [2.24, 2.45) is 5.92 Å². The molecule has 9 nitrogen and oxygen atoms in total. The molecule has 0 bridgehead atoms. The first-order chi connectivity index (χ1) is 16.1. The number of fused-ring (bicyclic) bond motifs is 2. The second-order valence-electron chi connectivity index (χ2n) is 7.83. The number of ether oxygens (including phenoxy) is 2. The molecule has 3 heterocycles. The number of hydrogen-bond donors (Lipinski definition) is 3. The quantitative estimate of drug-likeness (QED) is 0.565. The Morgan fingerprint density at radius 2 is 1.88 bits per heavy atom. The molecule has 0 spiro atoms. The van der Waals surface area contributed by atoms with Gasteiger partial charge in [-0.2, -0.15) is 10.2 Å². The number of aromatic nitrogens is 2. The summed E-state index contributed by atoms with van der Waals surface area (Å²) < 4.78 is 11.2. The molecule has 2 aliphatic rings. The van der Waals surface area contributed by atoms with Gasteiger partial charge in [0.15, 0.2) is 11.5 Å². The van der Waals surface area contributed by atoms with Crippen molar-refractivity contribution in [1.82, 2.24) is 9.97 Å². The molecule has 0 fully saturated rings. The Kier molecular flexibility index (Phi) is 5.18. The molecule has 2 atom stereocenters. The second kappa shape index (κ2) is 8.31. The summed E-state index contributed by atoms with van der Waals surface area (Å²) in [6.45, 7) is 2.92. The van der Waals surface area contributed by atoms with Gasteiger partial charge in [-0.25, -0.2) is 0 Å². The molecule has 0 saturated carbocycles. The van der Waals surface area contributed by atoms with E-state index in [1.54, 1.807) is 18.2 Å². The van der Waals surface area contributed by atoms with Gasteiger partial charge in [0.05, 0.1) is 11.6 Å². The van der Waals surface area contributed by atoms with E-state index in [1.165, 1.54) is 5.56 Å². The van der Waals surface area contributed by atoms with Crippen LogP contribution in [0.3, 0.4) is 0 Å². The molecule has 2 aromatic carbocycles. The maximum Gasteiger partial charge on any atom is 0.258 e. The zero-order chi connectivity index (χ0) is 22.9. The van der Waals surface area contributed by atoms with Gasteiger partial charge in [-0.15, -0.1) is 0 Å². The molecule has 33 heavy (non-hydrogen) atoms. The maximum atomic E-state index is 13.2. The summed E-state index contributed by atoms with van der Waals surface area (Å²) in [7, 11) is 0. The highest BCUT2D eigenvalue weighted by Crippen LogP contribution is 2.41. The zero-order valence-electron chi connectivity index (χ0n) is 17.8. The number of nitrogens with zero attached hydrogens (tertiary/aromatic N) is 2. The van der Waals surface area contributed by atoms with Gasteiger partial charge in [0, 0.05) is 11.6 Å². The molecule has 1 aromatic heterocycles. The first-order valence-electron chi connectivity index (χ1n) is 10.7. The molecule has 1 amide bonds. The second-order valence-corrected chi connectivity index (χ2v) is 7.83. The lowest BCUT2D eigenvalue weighted by atomic mass is 9.79. The van der Waals surface area contributed by atoms with Gasteiger partial charge in [0.25, 0.3) is 5.56 Å². The number of rotatable bonds is 4. The lowest BCUT2D eigenvalue weighted by molar-refractivity contribution is -0.119. The van der Waals surface area contributed by atoms with E-state index in [1.807, 2.05) is 30.3 Å². The van der Waals surface area contributed by atoms with E-state index in [4.69, 9.17) is 9.47 Å². The topological polar surface area (TPSA) is 129 Å². The highest BCUT2D eigenvalue weighted by molar-refractivity contribution is 5.98. The first kappa shape index (κ1) is 20.6. The highest BCUT2D eigenvalue weighted by Gasteiger charge is 2.40. The summed E-state index contributed by atoms with van der Waals surface area (Å²) in [5.74, 6) is -0.989. The third kappa shape index (κ3) is 3.76. The number of aromatic amines is 1. The summed E-state index contributed by atoms with van der Waals surface area (Å²) in [5, 5.41) is 15.4.